The molecule has 4 bridgehead atoms. The molecular weight excluding hydrogens is 242 g/mol. The fourth-order valence-corrected chi connectivity index (χ4v) is 6.82. The van der Waals surface area contributed by atoms with Crippen LogP contribution < -0.4 is 5.32 Å². The molecule has 1 N–H and O–H groups in total. The lowest BCUT2D eigenvalue weighted by Crippen LogP contribution is -2.56. The second kappa shape index (κ2) is 5.00. The highest BCUT2D eigenvalue weighted by Gasteiger charge is 2.53. The molecule has 0 saturated heterocycles. The molecule has 5 aliphatic rings. The number of rotatable bonds is 3. The van der Waals surface area contributed by atoms with Crippen LogP contribution >= 0.6 is 0 Å². The second-order valence-corrected chi connectivity index (χ2v) is 9.14. The van der Waals surface area contributed by atoms with Gasteiger partial charge in [-0.3, -0.25) is 0 Å². The first kappa shape index (κ1) is 13.6. The second-order valence-electron chi connectivity index (χ2n) is 9.14. The van der Waals surface area contributed by atoms with Crippen molar-refractivity contribution in [3.8, 4) is 0 Å². The summed E-state index contributed by atoms with van der Waals surface area (Å²) in [4.78, 5) is 0. The number of hydrogen-bond donors (Lipinski definition) is 1. The lowest BCUT2D eigenvalue weighted by Gasteiger charge is -2.59. The first-order chi connectivity index (χ1) is 9.63. The molecule has 5 saturated carbocycles. The molecule has 0 spiro atoms. The van der Waals surface area contributed by atoms with Gasteiger partial charge in [-0.1, -0.05) is 19.8 Å². The van der Waals surface area contributed by atoms with Crippen molar-refractivity contribution in [1.82, 2.24) is 5.32 Å². The fourth-order valence-electron chi connectivity index (χ4n) is 6.82. The van der Waals surface area contributed by atoms with Gasteiger partial charge in [0.25, 0.3) is 0 Å². The van der Waals surface area contributed by atoms with Crippen LogP contribution in [0.25, 0.3) is 0 Å². The van der Waals surface area contributed by atoms with Crippen LogP contribution in [0.3, 0.4) is 0 Å². The van der Waals surface area contributed by atoms with Gasteiger partial charge in [0.2, 0.25) is 0 Å². The minimum atomic E-state index is 0.690. The smallest absolute Gasteiger partial charge is 0.00980 e. The molecule has 0 aromatic rings. The molecule has 0 amide bonds. The van der Waals surface area contributed by atoms with E-state index >= 15 is 0 Å². The van der Waals surface area contributed by atoms with Crippen molar-refractivity contribution >= 4 is 0 Å². The molecule has 5 rings (SSSR count). The minimum Gasteiger partial charge on any atom is -0.311 e. The highest BCUT2D eigenvalue weighted by molar-refractivity contribution is 5.05. The monoisotopic (exact) mass is 275 g/mol. The van der Waals surface area contributed by atoms with Crippen LogP contribution in [0, 0.1) is 29.1 Å². The summed E-state index contributed by atoms with van der Waals surface area (Å²) in [6, 6.07) is 1.59. The van der Waals surface area contributed by atoms with E-state index in [0.29, 0.717) is 5.41 Å². The van der Waals surface area contributed by atoms with Crippen LogP contribution in [0.2, 0.25) is 0 Å². The Balaban J connectivity index is 1.44. The maximum Gasteiger partial charge on any atom is 0.00980 e. The molecule has 1 heteroatoms. The van der Waals surface area contributed by atoms with E-state index in [1.165, 1.54) is 25.7 Å². The Morgan fingerprint density at radius 1 is 0.900 bits per heavy atom. The summed E-state index contributed by atoms with van der Waals surface area (Å²) in [5.74, 6) is 4.23. The van der Waals surface area contributed by atoms with Gasteiger partial charge in [-0.2, -0.15) is 0 Å². The molecule has 0 heterocycles. The first-order valence-electron chi connectivity index (χ1n) is 9.39. The molecule has 0 aromatic carbocycles. The largest absolute Gasteiger partial charge is 0.311 e. The van der Waals surface area contributed by atoms with Gasteiger partial charge in [0.15, 0.2) is 0 Å². The maximum atomic E-state index is 4.11. The Bertz CT molecular complexity index is 325. The molecule has 5 aliphatic carbocycles. The maximum absolute atomic E-state index is 4.11. The van der Waals surface area contributed by atoms with Gasteiger partial charge in [0.1, 0.15) is 0 Å². The third-order valence-corrected chi connectivity index (χ3v) is 7.43. The molecule has 0 aliphatic heterocycles. The van der Waals surface area contributed by atoms with Crippen LogP contribution in [-0.2, 0) is 0 Å². The predicted octanol–water partition coefficient (Wildman–Crippen LogP) is 4.76. The van der Waals surface area contributed by atoms with Crippen molar-refractivity contribution in [2.45, 2.75) is 90.1 Å². The van der Waals surface area contributed by atoms with Crippen LogP contribution in [0.15, 0.2) is 0 Å². The topological polar surface area (TPSA) is 12.0 Å². The molecule has 1 nitrogen and oxygen atoms in total. The Hall–Kier alpha value is -0.0400. The van der Waals surface area contributed by atoms with E-state index in [2.05, 4.69) is 19.2 Å². The first-order valence-corrected chi connectivity index (χ1v) is 9.39. The van der Waals surface area contributed by atoms with Gasteiger partial charge >= 0.3 is 0 Å². The normalized spacial score (nSPS) is 52.2. The molecule has 20 heavy (non-hydrogen) atoms. The van der Waals surface area contributed by atoms with E-state index in [4.69, 9.17) is 0 Å². The average Bonchev–Trinajstić information content (AvgIpc) is 2.37. The predicted molar refractivity (Wildman–Crippen MR) is 84.6 cm³/mol. The quantitative estimate of drug-likeness (QED) is 0.783. The minimum absolute atomic E-state index is 0.690. The van der Waals surface area contributed by atoms with E-state index in [1.807, 2.05) is 0 Å². The van der Waals surface area contributed by atoms with Crippen molar-refractivity contribution in [3.05, 3.63) is 0 Å². The lowest BCUT2D eigenvalue weighted by atomic mass is 9.48. The third-order valence-electron chi connectivity index (χ3n) is 7.43. The average molecular weight is 275 g/mol. The molecule has 3 unspecified atom stereocenters. The molecular formula is C19H33N. The summed E-state index contributed by atoms with van der Waals surface area (Å²) in [5, 5.41) is 4.11. The van der Waals surface area contributed by atoms with Gasteiger partial charge in [-0.05, 0) is 87.4 Å². The molecule has 5 fully saturated rings. The van der Waals surface area contributed by atoms with Gasteiger partial charge < -0.3 is 5.32 Å². The van der Waals surface area contributed by atoms with Crippen molar-refractivity contribution < 1.29 is 0 Å². The fraction of sp³-hybridized carbons (Fsp3) is 1.00. The van der Waals surface area contributed by atoms with Crippen LogP contribution in [0.1, 0.15) is 78.1 Å². The summed E-state index contributed by atoms with van der Waals surface area (Å²) in [6.45, 7) is 4.98. The zero-order valence-electron chi connectivity index (χ0n) is 13.5. The molecule has 0 radical (unpaired) electrons. The number of hydrogen-bond acceptors (Lipinski definition) is 1. The van der Waals surface area contributed by atoms with E-state index in [9.17, 15) is 0 Å². The van der Waals surface area contributed by atoms with E-state index in [1.54, 1.807) is 38.5 Å². The zero-order valence-corrected chi connectivity index (χ0v) is 13.5. The summed E-state index contributed by atoms with van der Waals surface area (Å²) in [7, 11) is 0. The Kier molecular flexibility index (Phi) is 3.41. The number of nitrogens with one attached hydrogen (secondary N) is 1. The standard InChI is InChI=1S/C19H33N/c1-13-4-3-5-18(6-13)20-14(2)19-10-15-7-16(11-19)9-17(8-15)12-19/h13-18,20H,3-12H2,1-2H3. The Labute approximate surface area is 125 Å². The van der Waals surface area contributed by atoms with Crippen LogP contribution in [0.4, 0.5) is 0 Å². The van der Waals surface area contributed by atoms with Gasteiger partial charge in [0, 0.05) is 12.1 Å². The molecule has 0 aromatic heterocycles. The highest BCUT2D eigenvalue weighted by Crippen LogP contribution is 2.61. The van der Waals surface area contributed by atoms with Gasteiger partial charge in [-0.25, -0.2) is 0 Å². The summed E-state index contributed by atoms with van der Waals surface area (Å²) in [6.07, 6.45) is 15.2. The van der Waals surface area contributed by atoms with E-state index in [0.717, 1.165) is 35.8 Å². The van der Waals surface area contributed by atoms with Gasteiger partial charge in [-0.15, -0.1) is 0 Å². The molecule has 3 atom stereocenters. The lowest BCUT2D eigenvalue weighted by molar-refractivity contribution is -0.0730. The Morgan fingerprint density at radius 3 is 2.05 bits per heavy atom. The molecule has 114 valence electrons. The SMILES string of the molecule is CC1CCCC(NC(C)C23CC4CC(CC(C4)C2)C3)C1. The van der Waals surface area contributed by atoms with Crippen molar-refractivity contribution in [2.75, 3.05) is 0 Å². The van der Waals surface area contributed by atoms with Crippen molar-refractivity contribution in [2.24, 2.45) is 29.1 Å². The summed E-state index contributed by atoms with van der Waals surface area (Å²) < 4.78 is 0. The van der Waals surface area contributed by atoms with Crippen LogP contribution in [-0.4, -0.2) is 12.1 Å². The highest BCUT2D eigenvalue weighted by atomic mass is 15.0. The van der Waals surface area contributed by atoms with Crippen LogP contribution in [0.5, 0.6) is 0 Å². The van der Waals surface area contributed by atoms with Crippen molar-refractivity contribution in [3.63, 3.8) is 0 Å². The van der Waals surface area contributed by atoms with E-state index in [-0.39, 0.29) is 0 Å². The summed E-state index contributed by atoms with van der Waals surface area (Å²) in [5.41, 5.74) is 0.690. The van der Waals surface area contributed by atoms with Crippen molar-refractivity contribution in [1.29, 1.82) is 0 Å². The summed E-state index contributed by atoms with van der Waals surface area (Å²) >= 11 is 0. The Morgan fingerprint density at radius 2 is 1.50 bits per heavy atom. The third kappa shape index (κ3) is 2.34. The van der Waals surface area contributed by atoms with E-state index < -0.39 is 0 Å². The van der Waals surface area contributed by atoms with Gasteiger partial charge in [0.05, 0.1) is 0 Å². The zero-order chi connectivity index (χ0) is 13.7.